The van der Waals surface area contributed by atoms with Gasteiger partial charge in [0, 0.05) is 18.6 Å². The molecular weight excluding hydrogens is 307 g/mol. The molecule has 5 nitrogen and oxygen atoms in total. The van der Waals surface area contributed by atoms with Crippen LogP contribution in [0.15, 0.2) is 24.4 Å². The number of nitrogens with zero attached hydrogens (tertiary/aromatic N) is 4. The van der Waals surface area contributed by atoms with Crippen molar-refractivity contribution in [3.05, 3.63) is 46.5 Å². The van der Waals surface area contributed by atoms with Gasteiger partial charge >= 0.3 is 0 Å². The van der Waals surface area contributed by atoms with E-state index in [9.17, 15) is 9.18 Å². The highest BCUT2D eigenvalue weighted by molar-refractivity contribution is 6.31. The van der Waals surface area contributed by atoms with E-state index in [4.69, 9.17) is 11.6 Å². The fourth-order valence-corrected chi connectivity index (χ4v) is 2.09. The van der Waals surface area contributed by atoms with Crippen molar-refractivity contribution in [1.82, 2.24) is 19.9 Å². The van der Waals surface area contributed by atoms with Crippen molar-refractivity contribution >= 4 is 17.5 Å². The maximum atomic E-state index is 13.0. The minimum atomic E-state index is -0.407. The van der Waals surface area contributed by atoms with E-state index in [-0.39, 0.29) is 28.7 Å². The minimum absolute atomic E-state index is 0.246. The minimum Gasteiger partial charge on any atom is -0.336 e. The molecule has 22 heavy (non-hydrogen) atoms. The van der Waals surface area contributed by atoms with E-state index in [2.05, 4.69) is 10.3 Å². The molecule has 0 fully saturated rings. The Balaban J connectivity index is 2.14. The molecule has 0 radical (unpaired) electrons. The number of rotatable bonds is 3. The zero-order valence-electron chi connectivity index (χ0n) is 13.0. The summed E-state index contributed by atoms with van der Waals surface area (Å²) in [5.41, 5.74) is 0.683. The third-order valence-electron chi connectivity index (χ3n) is 3.17. The molecule has 118 valence electrons. The predicted octanol–water partition coefficient (Wildman–Crippen LogP) is 3.10. The molecule has 0 N–H and O–H groups in total. The van der Waals surface area contributed by atoms with Crippen molar-refractivity contribution in [2.75, 3.05) is 7.05 Å². The summed E-state index contributed by atoms with van der Waals surface area (Å²) in [5, 5.41) is 8.17. The standard InChI is InChI=1S/C15H18ClFN4O/c1-15(2,3)21-9-13(18-19-21)14(22)20(4)8-10-5-6-11(17)7-12(10)16/h5-7,9H,8H2,1-4H3. The number of hydrogen-bond acceptors (Lipinski definition) is 3. The van der Waals surface area contributed by atoms with Crippen molar-refractivity contribution in [2.24, 2.45) is 0 Å². The first-order valence-electron chi connectivity index (χ1n) is 6.80. The monoisotopic (exact) mass is 324 g/mol. The van der Waals surface area contributed by atoms with Gasteiger partial charge in [0.05, 0.1) is 11.7 Å². The Bertz CT molecular complexity index is 693. The van der Waals surface area contributed by atoms with E-state index >= 15 is 0 Å². The van der Waals surface area contributed by atoms with Crippen molar-refractivity contribution in [3.8, 4) is 0 Å². The number of carbonyl (C=O) groups is 1. The van der Waals surface area contributed by atoms with E-state index in [0.29, 0.717) is 5.56 Å². The Hall–Kier alpha value is -1.95. The lowest BCUT2D eigenvalue weighted by molar-refractivity contribution is 0.0779. The molecule has 0 aliphatic heterocycles. The molecule has 1 amide bonds. The molecule has 0 unspecified atom stereocenters. The van der Waals surface area contributed by atoms with Crippen LogP contribution in [0.3, 0.4) is 0 Å². The van der Waals surface area contributed by atoms with Crippen LogP contribution < -0.4 is 0 Å². The lowest BCUT2D eigenvalue weighted by atomic mass is 10.1. The van der Waals surface area contributed by atoms with E-state index in [1.54, 1.807) is 24.0 Å². The smallest absolute Gasteiger partial charge is 0.276 e. The van der Waals surface area contributed by atoms with Gasteiger partial charge < -0.3 is 4.90 Å². The number of benzene rings is 1. The first kappa shape index (κ1) is 16.4. The van der Waals surface area contributed by atoms with Gasteiger partial charge in [-0.15, -0.1) is 5.10 Å². The molecule has 0 bridgehead atoms. The van der Waals surface area contributed by atoms with Crippen molar-refractivity contribution in [1.29, 1.82) is 0 Å². The average molecular weight is 325 g/mol. The fourth-order valence-electron chi connectivity index (χ4n) is 1.86. The van der Waals surface area contributed by atoms with Crippen LogP contribution in [0, 0.1) is 5.82 Å². The molecule has 0 spiro atoms. The fraction of sp³-hybridized carbons (Fsp3) is 0.400. The molecule has 0 aliphatic rings. The summed E-state index contributed by atoms with van der Waals surface area (Å²) >= 11 is 5.98. The van der Waals surface area contributed by atoms with Crippen LogP contribution in [0.25, 0.3) is 0 Å². The highest BCUT2D eigenvalue weighted by atomic mass is 35.5. The van der Waals surface area contributed by atoms with Gasteiger partial charge in [0.25, 0.3) is 5.91 Å². The Labute approximate surface area is 133 Å². The van der Waals surface area contributed by atoms with Crippen LogP contribution in [-0.4, -0.2) is 32.8 Å². The van der Waals surface area contributed by atoms with Gasteiger partial charge in [0.2, 0.25) is 0 Å². The van der Waals surface area contributed by atoms with E-state index in [1.165, 1.54) is 17.0 Å². The van der Waals surface area contributed by atoms with Crippen molar-refractivity contribution < 1.29 is 9.18 Å². The van der Waals surface area contributed by atoms with Gasteiger partial charge in [-0.05, 0) is 38.5 Å². The van der Waals surface area contributed by atoms with Gasteiger partial charge in [-0.3, -0.25) is 4.79 Å². The molecule has 1 aromatic heterocycles. The lowest BCUT2D eigenvalue weighted by Crippen LogP contribution is -2.27. The number of halogens is 2. The molecule has 0 saturated carbocycles. The quantitative estimate of drug-likeness (QED) is 0.871. The molecule has 1 heterocycles. The molecule has 2 rings (SSSR count). The summed E-state index contributed by atoms with van der Waals surface area (Å²) in [6, 6.07) is 4.11. The molecule has 7 heteroatoms. The topological polar surface area (TPSA) is 51.0 Å². The summed E-state index contributed by atoms with van der Waals surface area (Å²) in [7, 11) is 1.64. The third-order valence-corrected chi connectivity index (χ3v) is 3.52. The molecule has 1 aromatic carbocycles. The van der Waals surface area contributed by atoms with Crippen LogP contribution in [0.1, 0.15) is 36.8 Å². The van der Waals surface area contributed by atoms with Gasteiger partial charge in [0.1, 0.15) is 5.82 Å². The summed E-state index contributed by atoms with van der Waals surface area (Å²) < 4.78 is 14.7. The summed E-state index contributed by atoms with van der Waals surface area (Å²) in [6.45, 7) is 6.17. The predicted molar refractivity (Wildman–Crippen MR) is 82.2 cm³/mol. The second-order valence-electron chi connectivity index (χ2n) is 6.12. The Kier molecular flexibility index (Phi) is 4.51. The van der Waals surface area contributed by atoms with Crippen molar-refractivity contribution in [2.45, 2.75) is 32.9 Å². The maximum absolute atomic E-state index is 13.0. The van der Waals surface area contributed by atoms with Gasteiger partial charge in [-0.1, -0.05) is 22.9 Å². The van der Waals surface area contributed by atoms with E-state index in [1.807, 2.05) is 20.8 Å². The second-order valence-corrected chi connectivity index (χ2v) is 6.52. The van der Waals surface area contributed by atoms with Crippen LogP contribution in [0.2, 0.25) is 5.02 Å². The zero-order chi connectivity index (χ0) is 16.5. The average Bonchev–Trinajstić information content (AvgIpc) is 2.90. The highest BCUT2D eigenvalue weighted by Crippen LogP contribution is 2.19. The Morgan fingerprint density at radius 3 is 2.64 bits per heavy atom. The van der Waals surface area contributed by atoms with E-state index < -0.39 is 5.82 Å². The lowest BCUT2D eigenvalue weighted by Gasteiger charge is -2.18. The SMILES string of the molecule is CN(Cc1ccc(F)cc1Cl)C(=O)c1cn(C(C)(C)C)nn1. The summed E-state index contributed by atoms with van der Waals surface area (Å²) in [5.74, 6) is -0.674. The van der Waals surface area contributed by atoms with Crippen molar-refractivity contribution in [3.63, 3.8) is 0 Å². The maximum Gasteiger partial charge on any atom is 0.276 e. The molecule has 0 aliphatic carbocycles. The van der Waals surface area contributed by atoms with Crippen LogP contribution in [-0.2, 0) is 12.1 Å². The first-order chi connectivity index (χ1) is 10.2. The zero-order valence-corrected chi connectivity index (χ0v) is 13.7. The Morgan fingerprint density at radius 1 is 1.41 bits per heavy atom. The van der Waals surface area contributed by atoms with Crippen LogP contribution in [0.5, 0.6) is 0 Å². The summed E-state index contributed by atoms with van der Waals surface area (Å²) in [6.07, 6.45) is 1.62. The number of carbonyl (C=O) groups excluding carboxylic acids is 1. The Morgan fingerprint density at radius 2 is 2.09 bits per heavy atom. The molecular formula is C15H18ClFN4O. The first-order valence-corrected chi connectivity index (χ1v) is 7.18. The second kappa shape index (κ2) is 6.04. The van der Waals surface area contributed by atoms with Gasteiger partial charge in [-0.2, -0.15) is 0 Å². The summed E-state index contributed by atoms with van der Waals surface area (Å²) in [4.78, 5) is 13.8. The van der Waals surface area contributed by atoms with Gasteiger partial charge in [0.15, 0.2) is 5.69 Å². The normalized spacial score (nSPS) is 11.5. The van der Waals surface area contributed by atoms with Gasteiger partial charge in [-0.25, -0.2) is 9.07 Å². The van der Waals surface area contributed by atoms with E-state index in [0.717, 1.165) is 0 Å². The largest absolute Gasteiger partial charge is 0.336 e. The number of hydrogen-bond donors (Lipinski definition) is 0. The molecule has 0 saturated heterocycles. The van der Waals surface area contributed by atoms with Crippen LogP contribution >= 0.6 is 11.6 Å². The highest BCUT2D eigenvalue weighted by Gasteiger charge is 2.21. The number of aromatic nitrogens is 3. The molecule has 0 atom stereocenters. The third kappa shape index (κ3) is 3.62. The molecule has 2 aromatic rings. The van der Waals surface area contributed by atoms with Crippen LogP contribution in [0.4, 0.5) is 4.39 Å². The number of amides is 1.